The summed E-state index contributed by atoms with van der Waals surface area (Å²) in [6, 6.07) is 19.2. The number of hydrogen-bond acceptors (Lipinski definition) is 9. The average Bonchev–Trinajstić information content (AvgIpc) is 3.07. The third-order valence-corrected chi connectivity index (χ3v) is 11.1. The monoisotopic (exact) mass is 781 g/mol. The predicted octanol–water partition coefficient (Wildman–Crippen LogP) is 6.69. The van der Waals surface area contributed by atoms with Crippen LogP contribution in [0.1, 0.15) is 59.6 Å². The molecular weight excluding hydrogens is 732 g/mol. The number of alkyl halides is 3. The third kappa shape index (κ3) is 11.9. The molecule has 11 nitrogen and oxygen atoms in total. The fraction of sp³-hybridized carbons (Fsp3) is 0.514. The van der Waals surface area contributed by atoms with E-state index in [-0.39, 0.29) is 56.3 Å². The molecule has 2 heterocycles. The van der Waals surface area contributed by atoms with Crippen molar-refractivity contribution in [3.05, 3.63) is 99.5 Å². The molecular formula is C37H50F3N3O8SSi. The summed E-state index contributed by atoms with van der Waals surface area (Å²) >= 11 is 0. The summed E-state index contributed by atoms with van der Waals surface area (Å²) in [4.78, 5) is 29.6. The van der Waals surface area contributed by atoms with Gasteiger partial charge < -0.3 is 19.1 Å². The number of aromatic nitrogens is 1. The minimum Gasteiger partial charge on any atom is -0.482 e. The summed E-state index contributed by atoms with van der Waals surface area (Å²) in [7, 11) is -4.27. The number of amides is 1. The summed E-state index contributed by atoms with van der Waals surface area (Å²) in [5, 5.41) is 1.72. The first kappa shape index (κ1) is 42.0. The van der Waals surface area contributed by atoms with E-state index in [4.69, 9.17) is 18.4 Å². The largest absolute Gasteiger partial charge is 0.482 e. The van der Waals surface area contributed by atoms with Gasteiger partial charge >= 0.3 is 6.18 Å². The van der Waals surface area contributed by atoms with Gasteiger partial charge in [-0.3, -0.25) is 18.8 Å². The fourth-order valence-electron chi connectivity index (χ4n) is 6.40. The van der Waals surface area contributed by atoms with Gasteiger partial charge in [0.05, 0.1) is 18.6 Å². The van der Waals surface area contributed by atoms with Crippen LogP contribution in [-0.2, 0) is 37.0 Å². The number of nitrogens with zero attached hydrogens (tertiary/aromatic N) is 3. The second kappa shape index (κ2) is 18.1. The molecule has 53 heavy (non-hydrogen) atoms. The van der Waals surface area contributed by atoms with Crippen molar-refractivity contribution < 1.29 is 44.8 Å². The molecule has 0 saturated carbocycles. The Labute approximate surface area is 310 Å². The molecule has 0 saturated heterocycles. The molecule has 2 aromatic carbocycles. The first-order valence-electron chi connectivity index (χ1n) is 17.5. The van der Waals surface area contributed by atoms with E-state index in [1.165, 1.54) is 30.2 Å². The van der Waals surface area contributed by atoms with E-state index in [0.717, 1.165) is 17.9 Å². The number of benzene rings is 2. The second-order valence-electron chi connectivity index (χ2n) is 14.3. The molecule has 16 heteroatoms. The van der Waals surface area contributed by atoms with Crippen LogP contribution in [0.3, 0.4) is 0 Å². The van der Waals surface area contributed by atoms with Crippen molar-refractivity contribution in [2.45, 2.75) is 83.5 Å². The molecule has 0 radical (unpaired) electrons. The molecule has 3 unspecified atom stereocenters. The first-order chi connectivity index (χ1) is 24.9. The molecule has 1 aliphatic rings. The van der Waals surface area contributed by atoms with Crippen molar-refractivity contribution in [3.8, 4) is 5.75 Å². The van der Waals surface area contributed by atoms with Gasteiger partial charge in [0, 0.05) is 40.8 Å². The summed E-state index contributed by atoms with van der Waals surface area (Å²) in [6.07, 6.45) is -7.75. The van der Waals surface area contributed by atoms with Gasteiger partial charge in [-0.1, -0.05) is 80.3 Å². The zero-order chi connectivity index (χ0) is 39.0. The molecule has 1 aliphatic heterocycles. The van der Waals surface area contributed by atoms with Gasteiger partial charge in [-0.15, -0.1) is 0 Å². The van der Waals surface area contributed by atoms with Crippen LogP contribution in [-0.4, -0.2) is 77.6 Å². The summed E-state index contributed by atoms with van der Waals surface area (Å²) in [5.41, 5.74) is 0.775. The van der Waals surface area contributed by atoms with E-state index >= 15 is 0 Å². The van der Waals surface area contributed by atoms with E-state index < -0.39 is 60.3 Å². The topological polar surface area (TPSA) is 117 Å². The van der Waals surface area contributed by atoms with Crippen LogP contribution in [0.5, 0.6) is 5.75 Å². The molecule has 0 fully saturated rings. The highest BCUT2D eigenvalue weighted by atomic mass is 32.2. The molecule has 4 rings (SSSR count). The van der Waals surface area contributed by atoms with Crippen LogP contribution in [0.25, 0.3) is 0 Å². The lowest BCUT2D eigenvalue weighted by atomic mass is 9.88. The number of rotatable bonds is 19. The molecule has 0 spiro atoms. The van der Waals surface area contributed by atoms with Gasteiger partial charge in [0.2, 0.25) is 5.43 Å². The maximum Gasteiger partial charge on any atom is 0.389 e. The highest BCUT2D eigenvalue weighted by molar-refractivity contribution is 7.86. The molecule has 0 bridgehead atoms. The minimum absolute atomic E-state index is 0.00256. The van der Waals surface area contributed by atoms with Crippen molar-refractivity contribution in [1.29, 1.82) is 0 Å². The summed E-state index contributed by atoms with van der Waals surface area (Å²) in [5.74, 6) is -2.09. The lowest BCUT2D eigenvalue weighted by Gasteiger charge is -2.47. The van der Waals surface area contributed by atoms with Gasteiger partial charge in [-0.05, 0) is 42.9 Å². The highest BCUT2D eigenvalue weighted by Gasteiger charge is 2.43. The summed E-state index contributed by atoms with van der Waals surface area (Å²) in [6.45, 7) is 8.69. The Balaban J connectivity index is 1.83. The van der Waals surface area contributed by atoms with E-state index in [2.05, 4.69) is 19.6 Å². The SMILES string of the molecule is CCN1C(=O)c2c(OCc3ccccc3)c(=O)cc(COC)n2N(COCC[Si](C)(C)C)C1CCC(CC(F)(F)F)C(OS(C)(=O)=O)c1ccccc1. The number of ether oxygens (including phenoxy) is 3. The Bertz CT molecular complexity index is 1820. The van der Waals surface area contributed by atoms with E-state index in [0.29, 0.717) is 12.3 Å². The normalized spacial score (nSPS) is 16.4. The second-order valence-corrected chi connectivity index (χ2v) is 21.6. The molecule has 1 aromatic heterocycles. The fourth-order valence-corrected chi connectivity index (χ4v) is 7.80. The first-order valence-corrected chi connectivity index (χ1v) is 23.0. The van der Waals surface area contributed by atoms with Crippen molar-refractivity contribution in [1.82, 2.24) is 9.58 Å². The Morgan fingerprint density at radius 1 is 0.962 bits per heavy atom. The van der Waals surface area contributed by atoms with Crippen molar-refractivity contribution in [2.24, 2.45) is 5.92 Å². The van der Waals surface area contributed by atoms with Crippen LogP contribution >= 0.6 is 0 Å². The lowest BCUT2D eigenvalue weighted by molar-refractivity contribution is -0.152. The van der Waals surface area contributed by atoms with Gasteiger partial charge in [0.25, 0.3) is 16.0 Å². The number of fused-ring (bicyclic) bond motifs is 1. The van der Waals surface area contributed by atoms with Gasteiger partial charge in [-0.2, -0.15) is 21.6 Å². The third-order valence-electron chi connectivity index (χ3n) is 8.85. The Morgan fingerprint density at radius 2 is 1.60 bits per heavy atom. The molecule has 0 aliphatic carbocycles. The van der Waals surface area contributed by atoms with Crippen LogP contribution in [0.15, 0.2) is 71.5 Å². The lowest BCUT2D eigenvalue weighted by Crippen LogP contribution is -2.62. The Morgan fingerprint density at radius 3 is 2.17 bits per heavy atom. The average molecular weight is 782 g/mol. The van der Waals surface area contributed by atoms with E-state index in [9.17, 15) is 31.2 Å². The number of carbonyl (C=O) groups is 1. The van der Waals surface area contributed by atoms with Crippen molar-refractivity contribution >= 4 is 24.1 Å². The molecule has 292 valence electrons. The standard InChI is InChI=1S/C37H50F3N3O8SSi/c1-7-41-32(19-18-29(23-37(38,39)40)34(51-52(3,46)47)28-16-12-9-13-17-28)42(26-49-20-21-53(4,5)6)43-30(25-48-2)22-31(44)35(33(43)36(41)45)50-24-27-14-10-8-11-15-27/h8-17,22,29,32,34H,7,18-21,23-26H2,1-6H3. The van der Waals surface area contributed by atoms with Gasteiger partial charge in [0.1, 0.15) is 25.6 Å². The Kier molecular flexibility index (Phi) is 14.3. The zero-order valence-electron chi connectivity index (χ0n) is 31.1. The number of carbonyl (C=O) groups excluding carboxylic acids is 1. The van der Waals surface area contributed by atoms with Crippen LogP contribution in [0.4, 0.5) is 13.2 Å². The summed E-state index contributed by atoms with van der Waals surface area (Å²) < 4.78 is 92.1. The molecule has 3 atom stereocenters. The maximum atomic E-state index is 14.5. The number of halogens is 3. The van der Waals surface area contributed by atoms with Crippen LogP contribution < -0.4 is 15.2 Å². The van der Waals surface area contributed by atoms with Crippen LogP contribution in [0, 0.1) is 5.92 Å². The van der Waals surface area contributed by atoms with Crippen molar-refractivity contribution in [2.75, 3.05) is 38.3 Å². The predicted molar refractivity (Wildman–Crippen MR) is 198 cm³/mol. The van der Waals surface area contributed by atoms with E-state index in [1.54, 1.807) is 34.8 Å². The van der Waals surface area contributed by atoms with E-state index in [1.807, 2.05) is 30.3 Å². The highest BCUT2D eigenvalue weighted by Crippen LogP contribution is 2.40. The number of pyridine rings is 1. The van der Waals surface area contributed by atoms with Crippen LogP contribution in [0.2, 0.25) is 25.7 Å². The smallest absolute Gasteiger partial charge is 0.389 e. The quantitative estimate of drug-likeness (QED) is 0.0745. The Hall–Kier alpha value is -3.70. The number of hydrogen-bond donors (Lipinski definition) is 0. The molecule has 3 aromatic rings. The molecule has 1 amide bonds. The minimum atomic E-state index is -4.66. The molecule has 0 N–H and O–H groups in total. The van der Waals surface area contributed by atoms with Gasteiger partial charge in [0.15, 0.2) is 11.4 Å². The number of methoxy groups -OCH3 is 1. The maximum absolute atomic E-state index is 14.5. The van der Waals surface area contributed by atoms with Gasteiger partial charge in [-0.25, -0.2) is 4.68 Å². The van der Waals surface area contributed by atoms with Crippen molar-refractivity contribution in [3.63, 3.8) is 0 Å². The zero-order valence-corrected chi connectivity index (χ0v) is 32.9.